The molecule has 3 saturated carbocycles. The summed E-state index contributed by atoms with van der Waals surface area (Å²) in [5.41, 5.74) is 1.74. The number of hydrogen-bond acceptors (Lipinski definition) is 8. The number of fused-ring (bicyclic) bond motifs is 5. The normalized spacial score (nSPS) is 44.2. The summed E-state index contributed by atoms with van der Waals surface area (Å²) in [6.45, 7) is 6.22. The zero-order chi connectivity index (χ0) is 32.5. The largest absolute Gasteiger partial charge is 0.389 e. The summed E-state index contributed by atoms with van der Waals surface area (Å²) in [7, 11) is 3.12. The van der Waals surface area contributed by atoms with E-state index in [0.717, 1.165) is 50.5 Å². The van der Waals surface area contributed by atoms with Crippen LogP contribution in [-0.2, 0) is 9.47 Å². The lowest BCUT2D eigenvalue weighted by Gasteiger charge is -2.62. The monoisotopic (exact) mass is 626 g/mol. The summed E-state index contributed by atoms with van der Waals surface area (Å²) >= 11 is 0. The maximum Gasteiger partial charge on any atom is 0.251 e. The van der Waals surface area contributed by atoms with Gasteiger partial charge in [0.2, 0.25) is 0 Å². The quantitative estimate of drug-likeness (QED) is 0.273. The number of carbonyl (C=O) groups excluding carboxylic acids is 2. The molecule has 1 saturated heterocycles. The van der Waals surface area contributed by atoms with E-state index in [9.17, 15) is 30.0 Å². The van der Waals surface area contributed by atoms with Crippen LogP contribution in [0.4, 0.5) is 0 Å². The molecule has 0 bridgehead atoms. The molecular weight excluding hydrogens is 576 g/mol. The molecule has 6 rings (SSSR count). The molecule has 1 aliphatic heterocycles. The van der Waals surface area contributed by atoms with E-state index in [2.05, 4.69) is 30.6 Å². The Bertz CT molecular complexity index is 1370. The topological polar surface area (TPSA) is 158 Å². The third-order valence-electron chi connectivity index (χ3n) is 12.8. The van der Waals surface area contributed by atoms with Crippen LogP contribution in [0.5, 0.6) is 0 Å². The molecule has 12 atom stereocenters. The van der Waals surface area contributed by atoms with Crippen molar-refractivity contribution in [1.29, 1.82) is 0 Å². The van der Waals surface area contributed by atoms with Gasteiger partial charge in [0.25, 0.3) is 11.8 Å². The predicted octanol–water partition coefficient (Wildman–Crippen LogP) is 2.78. The zero-order valence-corrected chi connectivity index (χ0v) is 27.1. The highest BCUT2D eigenvalue weighted by molar-refractivity contribution is 6.07. The van der Waals surface area contributed by atoms with E-state index >= 15 is 0 Å². The smallest absolute Gasteiger partial charge is 0.251 e. The molecular formula is C35H50N2O8. The Hall–Kier alpha value is -2.34. The van der Waals surface area contributed by atoms with Gasteiger partial charge >= 0.3 is 0 Å². The molecule has 6 N–H and O–H groups in total. The van der Waals surface area contributed by atoms with Crippen molar-refractivity contribution >= 4 is 11.8 Å². The van der Waals surface area contributed by atoms with Crippen molar-refractivity contribution in [3.05, 3.63) is 46.5 Å². The number of allylic oxidation sites excluding steroid dienone is 1. The van der Waals surface area contributed by atoms with Gasteiger partial charge in [-0.1, -0.05) is 31.6 Å². The number of aliphatic hydroxyl groups is 4. The van der Waals surface area contributed by atoms with E-state index < -0.39 is 36.3 Å². The van der Waals surface area contributed by atoms with Crippen LogP contribution in [0.1, 0.15) is 104 Å². The molecule has 4 aliphatic carbocycles. The van der Waals surface area contributed by atoms with Crippen LogP contribution >= 0.6 is 0 Å². The van der Waals surface area contributed by atoms with Crippen molar-refractivity contribution < 1.29 is 39.5 Å². The molecule has 248 valence electrons. The van der Waals surface area contributed by atoms with Crippen molar-refractivity contribution in [2.45, 2.75) is 120 Å². The fourth-order valence-electron chi connectivity index (χ4n) is 10.0. The second-order valence-electron chi connectivity index (χ2n) is 14.7. The average Bonchev–Trinajstić information content (AvgIpc) is 3.32. The van der Waals surface area contributed by atoms with Gasteiger partial charge in [0.1, 0.15) is 18.3 Å². The van der Waals surface area contributed by atoms with Crippen LogP contribution in [0.15, 0.2) is 29.8 Å². The van der Waals surface area contributed by atoms with Crippen LogP contribution in [0.25, 0.3) is 0 Å². The number of carbonyl (C=O) groups is 2. The minimum Gasteiger partial charge on any atom is -0.389 e. The van der Waals surface area contributed by atoms with Crippen molar-refractivity contribution in [1.82, 2.24) is 10.6 Å². The van der Waals surface area contributed by atoms with E-state index in [1.807, 2.05) is 12.1 Å². The van der Waals surface area contributed by atoms with E-state index in [-0.39, 0.29) is 40.6 Å². The lowest BCUT2D eigenvalue weighted by Crippen LogP contribution is -2.60. The first-order valence-corrected chi connectivity index (χ1v) is 16.7. The Morgan fingerprint density at radius 2 is 1.60 bits per heavy atom. The number of ether oxygens (including phenoxy) is 2. The van der Waals surface area contributed by atoms with E-state index in [0.29, 0.717) is 23.5 Å². The molecule has 5 aliphatic rings. The first-order chi connectivity index (χ1) is 21.3. The average molecular weight is 627 g/mol. The minimum atomic E-state index is -1.33. The Labute approximate surface area is 265 Å². The molecule has 2 amide bonds. The number of rotatable bonds is 5. The van der Waals surface area contributed by atoms with Gasteiger partial charge in [0, 0.05) is 19.5 Å². The fraction of sp³-hybridized carbons (Fsp3) is 0.714. The standard InChI is InChI=1S/C35H50N2O8/c1-18-27(38)28(39)29(40)32(44-18)45-21-10-13-33(2)20(17-21)7-9-26-25(33)11-14-34(3)24(12-15-35(26,34)43)19-6-8-22(30(41)36-4)23(16-19)31(42)37-5/h6,8,16-18,21,24-29,32,38-40,43H,7,9-15H2,1-5H3,(H,36,41)(H,37,42)/t18-,21-,24+,25-,26+,27-,28+,29+,32-,33-,34+,35-/m0/s1. The molecule has 1 aromatic rings. The highest BCUT2D eigenvalue weighted by atomic mass is 16.7. The molecule has 0 aromatic heterocycles. The molecule has 0 unspecified atom stereocenters. The Kier molecular flexibility index (Phi) is 8.49. The SMILES string of the molecule is CNC(=O)c1ccc([C@H]2CC[C@]3(O)[C@@H]4CCC5=C[C@@H](O[C@@H]6O[C@@H](C)[C@H](O)[C@@H](O)[C@H]6O)CC[C@]5(C)[C@H]4CC[C@]23C)cc1C(=O)NC. The highest BCUT2D eigenvalue weighted by Crippen LogP contribution is 2.70. The molecule has 1 heterocycles. The van der Waals surface area contributed by atoms with Crippen LogP contribution in [-0.4, -0.2) is 88.7 Å². The Morgan fingerprint density at radius 3 is 2.31 bits per heavy atom. The Morgan fingerprint density at radius 1 is 0.889 bits per heavy atom. The highest BCUT2D eigenvalue weighted by Gasteiger charge is 2.66. The second-order valence-corrected chi connectivity index (χ2v) is 14.7. The summed E-state index contributed by atoms with van der Waals surface area (Å²) in [6, 6.07) is 5.56. The first-order valence-electron chi connectivity index (χ1n) is 16.7. The van der Waals surface area contributed by atoms with Crippen LogP contribution in [0.2, 0.25) is 0 Å². The molecule has 4 fully saturated rings. The molecule has 10 heteroatoms. The molecule has 10 nitrogen and oxygen atoms in total. The number of nitrogens with one attached hydrogen (secondary N) is 2. The third-order valence-corrected chi connectivity index (χ3v) is 12.8. The number of benzene rings is 1. The van der Waals surface area contributed by atoms with Crippen LogP contribution < -0.4 is 10.6 Å². The zero-order valence-electron chi connectivity index (χ0n) is 27.1. The fourth-order valence-corrected chi connectivity index (χ4v) is 10.0. The summed E-state index contributed by atoms with van der Waals surface area (Å²) in [5, 5.41) is 48.8. The van der Waals surface area contributed by atoms with Crippen molar-refractivity contribution in [3.63, 3.8) is 0 Å². The van der Waals surface area contributed by atoms with Crippen molar-refractivity contribution in [2.24, 2.45) is 22.7 Å². The predicted molar refractivity (Wildman–Crippen MR) is 166 cm³/mol. The van der Waals surface area contributed by atoms with Gasteiger partial charge in [-0.2, -0.15) is 0 Å². The van der Waals surface area contributed by atoms with E-state index in [1.165, 1.54) is 5.57 Å². The summed E-state index contributed by atoms with van der Waals surface area (Å²) in [6.07, 6.45) is 3.17. The van der Waals surface area contributed by atoms with Crippen LogP contribution in [0, 0.1) is 22.7 Å². The molecule has 0 radical (unpaired) electrons. The van der Waals surface area contributed by atoms with E-state index in [1.54, 1.807) is 27.1 Å². The van der Waals surface area contributed by atoms with Gasteiger partial charge in [-0.25, -0.2) is 0 Å². The lowest BCUT2D eigenvalue weighted by molar-refractivity contribution is -0.301. The van der Waals surface area contributed by atoms with Crippen molar-refractivity contribution in [3.8, 4) is 0 Å². The van der Waals surface area contributed by atoms with Crippen molar-refractivity contribution in [2.75, 3.05) is 14.1 Å². The second kappa shape index (κ2) is 11.7. The maximum absolute atomic E-state index is 12.8. The van der Waals surface area contributed by atoms with Gasteiger partial charge in [-0.05, 0) is 99.2 Å². The first kappa shape index (κ1) is 32.6. The molecule has 0 spiro atoms. The third kappa shape index (κ3) is 4.98. The molecule has 45 heavy (non-hydrogen) atoms. The van der Waals surface area contributed by atoms with Crippen LogP contribution in [0.3, 0.4) is 0 Å². The van der Waals surface area contributed by atoms with Gasteiger partial charge in [-0.15, -0.1) is 0 Å². The molecule has 1 aromatic carbocycles. The maximum atomic E-state index is 12.8. The lowest BCUT2D eigenvalue weighted by atomic mass is 9.45. The van der Waals surface area contributed by atoms with Gasteiger partial charge in [-0.3, -0.25) is 9.59 Å². The minimum absolute atomic E-state index is 0.0673. The van der Waals surface area contributed by atoms with Gasteiger partial charge < -0.3 is 40.5 Å². The van der Waals surface area contributed by atoms with Gasteiger partial charge in [0.15, 0.2) is 6.29 Å². The number of aliphatic hydroxyl groups excluding tert-OH is 3. The van der Waals surface area contributed by atoms with E-state index in [4.69, 9.17) is 9.47 Å². The van der Waals surface area contributed by atoms with Gasteiger partial charge in [0.05, 0.1) is 28.9 Å². The summed E-state index contributed by atoms with van der Waals surface area (Å²) < 4.78 is 11.9. The number of hydrogen-bond donors (Lipinski definition) is 6. The summed E-state index contributed by atoms with van der Waals surface area (Å²) in [5.74, 6) is -0.0731. The Balaban J connectivity index is 1.23. The summed E-state index contributed by atoms with van der Waals surface area (Å²) in [4.78, 5) is 25.3. The number of amides is 2.